The Morgan fingerprint density at radius 3 is 3.00 bits per heavy atom. The summed E-state index contributed by atoms with van der Waals surface area (Å²) >= 11 is 0. The lowest BCUT2D eigenvalue weighted by molar-refractivity contribution is 0.161. The molecule has 7 nitrogen and oxygen atoms in total. The van der Waals surface area contributed by atoms with Crippen LogP contribution in [0.2, 0.25) is 0 Å². The Labute approximate surface area is 129 Å². The van der Waals surface area contributed by atoms with Crippen LogP contribution in [0.3, 0.4) is 0 Å². The van der Waals surface area contributed by atoms with Crippen molar-refractivity contribution in [3.63, 3.8) is 0 Å². The maximum atomic E-state index is 10.4. The molecule has 7 heteroatoms. The number of aliphatic hydroxyl groups is 1. The van der Waals surface area contributed by atoms with Gasteiger partial charge < -0.3 is 10.8 Å². The van der Waals surface area contributed by atoms with Crippen LogP contribution >= 0.6 is 0 Å². The molecule has 1 aliphatic carbocycles. The van der Waals surface area contributed by atoms with E-state index >= 15 is 0 Å². The number of nitrogens with one attached hydrogen (secondary N) is 2. The zero-order valence-electron chi connectivity index (χ0n) is 12.4. The van der Waals surface area contributed by atoms with E-state index in [2.05, 4.69) is 32.2 Å². The van der Waals surface area contributed by atoms with E-state index < -0.39 is 6.23 Å². The molecular weight excluding hydrogens is 280 g/mol. The van der Waals surface area contributed by atoms with Crippen LogP contribution in [0.25, 0.3) is 0 Å². The number of hydrogen-bond acceptors (Lipinski definition) is 6. The van der Waals surface area contributed by atoms with Gasteiger partial charge in [0.1, 0.15) is 11.5 Å². The lowest BCUT2D eigenvalue weighted by atomic mass is 10.1. The van der Waals surface area contributed by atoms with Crippen LogP contribution in [0.5, 0.6) is 0 Å². The van der Waals surface area contributed by atoms with Crippen LogP contribution in [0.15, 0.2) is 58.1 Å². The molecule has 1 heterocycles. The Morgan fingerprint density at radius 2 is 2.41 bits per heavy atom. The van der Waals surface area contributed by atoms with E-state index in [0.29, 0.717) is 5.71 Å². The van der Waals surface area contributed by atoms with Crippen molar-refractivity contribution >= 4 is 12.4 Å². The van der Waals surface area contributed by atoms with Gasteiger partial charge in [-0.25, -0.2) is 9.98 Å². The molecule has 0 saturated carbocycles. The van der Waals surface area contributed by atoms with Gasteiger partial charge in [-0.2, -0.15) is 5.10 Å². The van der Waals surface area contributed by atoms with Crippen molar-refractivity contribution in [2.45, 2.75) is 25.6 Å². The second kappa shape index (κ2) is 7.48. The maximum Gasteiger partial charge on any atom is 0.152 e. The maximum absolute atomic E-state index is 10.4. The third kappa shape index (κ3) is 4.00. The zero-order chi connectivity index (χ0) is 15.9. The number of rotatable bonds is 6. The first kappa shape index (κ1) is 15.9. The fourth-order valence-corrected chi connectivity index (χ4v) is 2.02. The molecule has 0 saturated heterocycles. The van der Waals surface area contributed by atoms with Crippen molar-refractivity contribution in [2.24, 2.45) is 15.7 Å². The molecule has 22 heavy (non-hydrogen) atoms. The summed E-state index contributed by atoms with van der Waals surface area (Å²) in [4.78, 5) is 8.05. The first-order valence-electron chi connectivity index (χ1n) is 6.90. The molecule has 0 spiro atoms. The summed E-state index contributed by atoms with van der Waals surface area (Å²) in [6, 6.07) is 1.79. The van der Waals surface area contributed by atoms with Crippen molar-refractivity contribution in [2.75, 3.05) is 0 Å². The highest BCUT2D eigenvalue weighted by Crippen LogP contribution is 2.12. The Balaban J connectivity index is 2.19. The lowest BCUT2D eigenvalue weighted by Crippen LogP contribution is -2.39. The minimum Gasteiger partial charge on any atom is -0.382 e. The first-order chi connectivity index (χ1) is 10.6. The van der Waals surface area contributed by atoms with Gasteiger partial charge in [0.25, 0.3) is 0 Å². The van der Waals surface area contributed by atoms with Crippen LogP contribution in [0.1, 0.15) is 19.0 Å². The largest absolute Gasteiger partial charge is 0.382 e. The number of aromatic amines is 1. The van der Waals surface area contributed by atoms with E-state index in [1.807, 2.05) is 24.3 Å². The molecule has 2 unspecified atom stereocenters. The number of hydrogen-bond donors (Lipinski definition) is 4. The molecule has 0 aromatic carbocycles. The van der Waals surface area contributed by atoms with Gasteiger partial charge in [-0.1, -0.05) is 24.3 Å². The molecule has 2 atom stereocenters. The normalized spacial score (nSPS) is 20.6. The van der Waals surface area contributed by atoms with Crippen LogP contribution < -0.4 is 11.1 Å². The summed E-state index contributed by atoms with van der Waals surface area (Å²) in [7, 11) is 0. The van der Waals surface area contributed by atoms with Gasteiger partial charge in [0.05, 0.1) is 11.4 Å². The Bertz CT molecular complexity index is 626. The summed E-state index contributed by atoms with van der Waals surface area (Å²) in [5, 5.41) is 20.1. The van der Waals surface area contributed by atoms with Crippen molar-refractivity contribution in [3.8, 4) is 0 Å². The highest BCUT2D eigenvalue weighted by Gasteiger charge is 2.18. The lowest BCUT2D eigenvalue weighted by Gasteiger charge is -2.21. The third-order valence-corrected chi connectivity index (χ3v) is 3.22. The highest BCUT2D eigenvalue weighted by molar-refractivity contribution is 5.97. The molecule has 1 aromatic heterocycles. The zero-order valence-corrected chi connectivity index (χ0v) is 12.4. The molecule has 0 amide bonds. The Hall–Kier alpha value is -2.51. The first-order valence-corrected chi connectivity index (χ1v) is 6.90. The van der Waals surface area contributed by atoms with Gasteiger partial charge in [-0.3, -0.25) is 10.4 Å². The van der Waals surface area contributed by atoms with Crippen molar-refractivity contribution in [1.29, 1.82) is 0 Å². The predicted molar refractivity (Wildman–Crippen MR) is 87.4 cm³/mol. The van der Waals surface area contributed by atoms with E-state index in [-0.39, 0.29) is 17.6 Å². The SMILES string of the molecule is C=N/C(N)=C(\N=C(/C)c1ccn[nH]1)C(O)NC1C=CC=CC1. The van der Waals surface area contributed by atoms with Crippen LogP contribution in [-0.4, -0.2) is 40.0 Å². The fraction of sp³-hybridized carbons (Fsp3) is 0.267. The monoisotopic (exact) mass is 300 g/mol. The second-order valence-electron chi connectivity index (χ2n) is 4.82. The number of aliphatic hydroxyl groups excluding tert-OH is 1. The average molecular weight is 300 g/mol. The number of aromatic nitrogens is 2. The van der Waals surface area contributed by atoms with E-state index in [1.54, 1.807) is 19.2 Å². The van der Waals surface area contributed by atoms with Crippen LogP contribution in [0.4, 0.5) is 0 Å². The van der Waals surface area contributed by atoms with Crippen LogP contribution in [0, 0.1) is 0 Å². The topological polar surface area (TPSA) is 112 Å². The third-order valence-electron chi connectivity index (χ3n) is 3.22. The molecule has 2 rings (SSSR count). The van der Waals surface area contributed by atoms with E-state index in [1.165, 1.54) is 0 Å². The molecular formula is C15H20N6O. The summed E-state index contributed by atoms with van der Waals surface area (Å²) in [6.45, 7) is 5.19. The number of H-pyrrole nitrogens is 1. The molecule has 0 bridgehead atoms. The highest BCUT2D eigenvalue weighted by atomic mass is 16.3. The molecule has 0 aliphatic heterocycles. The smallest absolute Gasteiger partial charge is 0.152 e. The molecule has 0 radical (unpaired) electrons. The summed E-state index contributed by atoms with van der Waals surface area (Å²) in [6.07, 6.45) is 9.22. The Morgan fingerprint density at radius 1 is 1.59 bits per heavy atom. The quantitative estimate of drug-likeness (QED) is 0.460. The summed E-state index contributed by atoms with van der Waals surface area (Å²) in [5.74, 6) is 0.0780. The molecule has 116 valence electrons. The number of aliphatic imine (C=N–C) groups is 2. The number of nitrogens with zero attached hydrogens (tertiary/aromatic N) is 3. The molecule has 5 N–H and O–H groups in total. The van der Waals surface area contributed by atoms with Gasteiger partial charge in [-0.15, -0.1) is 0 Å². The molecule has 1 aliphatic rings. The fourth-order valence-electron chi connectivity index (χ4n) is 2.02. The summed E-state index contributed by atoms with van der Waals surface area (Å²) < 4.78 is 0. The van der Waals surface area contributed by atoms with E-state index in [4.69, 9.17) is 5.73 Å². The van der Waals surface area contributed by atoms with E-state index in [9.17, 15) is 5.11 Å². The van der Waals surface area contributed by atoms with Gasteiger partial charge in [-0.05, 0) is 26.1 Å². The van der Waals surface area contributed by atoms with Crippen molar-refractivity contribution in [1.82, 2.24) is 15.5 Å². The average Bonchev–Trinajstić information content (AvgIpc) is 3.07. The second-order valence-corrected chi connectivity index (χ2v) is 4.82. The number of allylic oxidation sites excluding steroid dienone is 2. The summed E-state index contributed by atoms with van der Waals surface area (Å²) in [5.41, 5.74) is 7.41. The van der Waals surface area contributed by atoms with Gasteiger partial charge in [0.2, 0.25) is 0 Å². The number of nitrogens with two attached hydrogens (primary N) is 1. The minimum atomic E-state index is -1.05. The van der Waals surface area contributed by atoms with E-state index in [0.717, 1.165) is 12.1 Å². The molecule has 1 aromatic rings. The van der Waals surface area contributed by atoms with Gasteiger partial charge >= 0.3 is 0 Å². The predicted octanol–water partition coefficient (Wildman–Crippen LogP) is 0.840. The Kier molecular flexibility index (Phi) is 5.40. The molecule has 0 fully saturated rings. The van der Waals surface area contributed by atoms with Crippen LogP contribution in [-0.2, 0) is 0 Å². The minimum absolute atomic E-state index is 0.00951. The van der Waals surface area contributed by atoms with Gasteiger partial charge in [0, 0.05) is 12.2 Å². The van der Waals surface area contributed by atoms with Crippen molar-refractivity contribution < 1.29 is 5.11 Å². The van der Waals surface area contributed by atoms with Gasteiger partial charge in [0.15, 0.2) is 6.23 Å². The standard InChI is InChI=1S/C15H20N6O/c1-10(12-8-9-18-21-12)19-13(14(16)17-2)15(22)20-11-6-4-3-5-7-11/h3-6,8-9,11,15,20,22H,2,7,16H2,1H3,(H,18,21)/b14-13-,19-10+. The van der Waals surface area contributed by atoms with Crippen molar-refractivity contribution in [3.05, 3.63) is 53.8 Å².